The number of hydrogen-bond donors (Lipinski definition) is 2. The lowest BCUT2D eigenvalue weighted by Crippen LogP contribution is -2.57. The second kappa shape index (κ2) is 2.62. The van der Waals surface area contributed by atoms with Crippen molar-refractivity contribution in [3.8, 4) is 0 Å². The fourth-order valence-electron chi connectivity index (χ4n) is 1.30. The highest BCUT2D eigenvalue weighted by molar-refractivity contribution is 5.69. The number of nitrogens with one attached hydrogen (secondary N) is 1. The van der Waals surface area contributed by atoms with Crippen molar-refractivity contribution in [3.05, 3.63) is 0 Å². The summed E-state index contributed by atoms with van der Waals surface area (Å²) < 4.78 is 4.52. The van der Waals surface area contributed by atoms with Crippen LogP contribution >= 0.6 is 0 Å². The molecule has 70 valence electrons. The Hall–Kier alpha value is -0.770. The fraction of sp³-hybridized carbons (Fsp3) is 0.875. The van der Waals surface area contributed by atoms with Crippen LogP contribution in [0.5, 0.6) is 0 Å². The monoisotopic (exact) mass is 172 g/mol. The van der Waals surface area contributed by atoms with Gasteiger partial charge in [0.25, 0.3) is 0 Å². The first-order valence-corrected chi connectivity index (χ1v) is 4.06. The summed E-state index contributed by atoms with van der Waals surface area (Å²) in [6.45, 7) is 3.83. The lowest BCUT2D eigenvalue weighted by molar-refractivity contribution is 0.157. The highest BCUT2D eigenvalue weighted by Gasteiger charge is 2.53. The van der Waals surface area contributed by atoms with Crippen molar-refractivity contribution >= 4 is 6.09 Å². The topological polar surface area (TPSA) is 64.3 Å². The molecule has 0 aliphatic heterocycles. The van der Waals surface area contributed by atoms with Crippen LogP contribution in [0.25, 0.3) is 0 Å². The molecule has 0 saturated heterocycles. The maximum absolute atomic E-state index is 10.9. The second-order valence-corrected chi connectivity index (χ2v) is 3.92. The van der Waals surface area contributed by atoms with Gasteiger partial charge in [0.05, 0.1) is 12.6 Å². The van der Waals surface area contributed by atoms with Gasteiger partial charge in [-0.15, -0.1) is 0 Å². The molecule has 4 heteroatoms. The van der Waals surface area contributed by atoms with E-state index in [2.05, 4.69) is 10.1 Å². The van der Waals surface area contributed by atoms with Crippen LogP contribution in [0.4, 0.5) is 4.79 Å². The van der Waals surface area contributed by atoms with Crippen molar-refractivity contribution in [1.82, 2.24) is 5.32 Å². The van der Waals surface area contributed by atoms with Gasteiger partial charge in [-0.1, -0.05) is 0 Å². The Balaban J connectivity index is 2.56. The number of carbonyl (C=O) groups is 1. The summed E-state index contributed by atoms with van der Waals surface area (Å²) in [6.07, 6.45) is 1.48. The zero-order chi connectivity index (χ0) is 9.41. The number of amides is 1. The molecule has 0 aromatic heterocycles. The van der Waals surface area contributed by atoms with Crippen LogP contribution in [0.3, 0.4) is 0 Å². The Kier molecular flexibility index (Phi) is 2.04. The number of nitrogens with two attached hydrogens (primary N) is 1. The minimum absolute atomic E-state index is 0.236. The van der Waals surface area contributed by atoms with Crippen LogP contribution in [0, 0.1) is 0 Å². The maximum Gasteiger partial charge on any atom is 0.407 e. The third-order valence-electron chi connectivity index (χ3n) is 2.51. The molecule has 1 saturated carbocycles. The summed E-state index contributed by atoms with van der Waals surface area (Å²) in [5.74, 6) is 0. The van der Waals surface area contributed by atoms with Gasteiger partial charge in [0.1, 0.15) is 0 Å². The van der Waals surface area contributed by atoms with E-state index >= 15 is 0 Å². The Morgan fingerprint density at radius 3 is 2.33 bits per heavy atom. The smallest absolute Gasteiger partial charge is 0.407 e. The average Bonchev–Trinajstić information content (AvgIpc) is 2.67. The molecule has 0 radical (unpaired) electrons. The number of rotatable bonds is 2. The van der Waals surface area contributed by atoms with Crippen molar-refractivity contribution in [2.45, 2.75) is 37.8 Å². The molecular weight excluding hydrogens is 156 g/mol. The molecule has 0 spiro atoms. The molecule has 1 rings (SSSR count). The lowest BCUT2D eigenvalue weighted by atomic mass is 9.93. The maximum atomic E-state index is 10.9. The number of methoxy groups -OCH3 is 1. The molecule has 0 unspecified atom stereocenters. The van der Waals surface area contributed by atoms with Crippen molar-refractivity contribution in [3.63, 3.8) is 0 Å². The van der Waals surface area contributed by atoms with Gasteiger partial charge >= 0.3 is 6.09 Å². The zero-order valence-corrected chi connectivity index (χ0v) is 7.81. The number of hydrogen-bond acceptors (Lipinski definition) is 3. The molecule has 12 heavy (non-hydrogen) atoms. The molecule has 0 heterocycles. The molecule has 3 N–H and O–H groups in total. The van der Waals surface area contributed by atoms with Crippen molar-refractivity contribution < 1.29 is 9.53 Å². The van der Waals surface area contributed by atoms with E-state index in [1.54, 1.807) is 0 Å². The molecule has 0 aromatic rings. The first kappa shape index (κ1) is 9.32. The van der Waals surface area contributed by atoms with E-state index in [1.807, 2.05) is 13.8 Å². The average molecular weight is 172 g/mol. The molecule has 0 atom stereocenters. The SMILES string of the molecule is COC(=O)NC1(C(C)(C)N)CC1. The van der Waals surface area contributed by atoms with Crippen LogP contribution in [0.15, 0.2) is 0 Å². The summed E-state index contributed by atoms with van der Waals surface area (Å²) in [4.78, 5) is 10.9. The van der Waals surface area contributed by atoms with E-state index < -0.39 is 6.09 Å². The summed E-state index contributed by atoms with van der Waals surface area (Å²) in [5.41, 5.74) is 5.30. The van der Waals surface area contributed by atoms with E-state index in [9.17, 15) is 4.79 Å². The standard InChI is InChI=1S/C8H16N2O2/c1-7(2,9)8(4-5-8)10-6(11)12-3/h4-5,9H2,1-3H3,(H,10,11). The summed E-state index contributed by atoms with van der Waals surface area (Å²) in [6, 6.07) is 0. The van der Waals surface area contributed by atoms with E-state index in [4.69, 9.17) is 5.73 Å². The number of alkyl carbamates (subject to hydrolysis) is 1. The fourth-order valence-corrected chi connectivity index (χ4v) is 1.30. The van der Waals surface area contributed by atoms with Crippen LogP contribution in [0.1, 0.15) is 26.7 Å². The van der Waals surface area contributed by atoms with E-state index in [0.29, 0.717) is 0 Å². The molecule has 4 nitrogen and oxygen atoms in total. The van der Waals surface area contributed by atoms with Gasteiger partial charge in [-0.05, 0) is 26.7 Å². The zero-order valence-electron chi connectivity index (χ0n) is 7.81. The molecule has 0 aromatic carbocycles. The van der Waals surface area contributed by atoms with Crippen molar-refractivity contribution in [1.29, 1.82) is 0 Å². The number of carbonyl (C=O) groups excluding carboxylic acids is 1. The number of ether oxygens (including phenoxy) is 1. The second-order valence-electron chi connectivity index (χ2n) is 3.92. The predicted molar refractivity (Wildman–Crippen MR) is 45.8 cm³/mol. The highest BCUT2D eigenvalue weighted by atomic mass is 16.5. The Morgan fingerprint density at radius 1 is 1.58 bits per heavy atom. The summed E-state index contributed by atoms with van der Waals surface area (Å²) >= 11 is 0. The van der Waals surface area contributed by atoms with Gasteiger partial charge in [-0.25, -0.2) is 4.79 Å². The summed E-state index contributed by atoms with van der Waals surface area (Å²) in [7, 11) is 1.36. The van der Waals surface area contributed by atoms with Gasteiger partial charge in [0, 0.05) is 5.54 Å². The third-order valence-corrected chi connectivity index (χ3v) is 2.51. The first-order valence-electron chi connectivity index (χ1n) is 4.06. The van der Waals surface area contributed by atoms with Gasteiger partial charge in [0.15, 0.2) is 0 Å². The minimum Gasteiger partial charge on any atom is -0.453 e. The first-order chi connectivity index (χ1) is 5.41. The largest absolute Gasteiger partial charge is 0.453 e. The molecule has 0 bridgehead atoms. The van der Waals surface area contributed by atoms with Gasteiger partial charge < -0.3 is 15.8 Å². The van der Waals surface area contributed by atoms with Crippen LogP contribution in [-0.4, -0.2) is 24.3 Å². The van der Waals surface area contributed by atoms with Crippen LogP contribution < -0.4 is 11.1 Å². The highest BCUT2D eigenvalue weighted by Crippen LogP contribution is 2.43. The van der Waals surface area contributed by atoms with E-state index in [-0.39, 0.29) is 11.1 Å². The van der Waals surface area contributed by atoms with Crippen LogP contribution in [-0.2, 0) is 4.74 Å². The van der Waals surface area contributed by atoms with Gasteiger partial charge in [0.2, 0.25) is 0 Å². The summed E-state index contributed by atoms with van der Waals surface area (Å²) in [5, 5.41) is 2.77. The molecule has 1 aliphatic carbocycles. The Labute approximate surface area is 72.5 Å². The predicted octanol–water partition coefficient (Wildman–Crippen LogP) is 0.612. The van der Waals surface area contributed by atoms with Crippen LogP contribution in [0.2, 0.25) is 0 Å². The van der Waals surface area contributed by atoms with Gasteiger partial charge in [-0.3, -0.25) is 0 Å². The molecule has 1 amide bonds. The van der Waals surface area contributed by atoms with E-state index in [0.717, 1.165) is 12.8 Å². The normalized spacial score (nSPS) is 20.0. The minimum atomic E-state index is -0.397. The van der Waals surface area contributed by atoms with Gasteiger partial charge in [-0.2, -0.15) is 0 Å². The Morgan fingerprint density at radius 2 is 2.08 bits per heavy atom. The van der Waals surface area contributed by atoms with Crippen molar-refractivity contribution in [2.24, 2.45) is 5.73 Å². The molecule has 1 aliphatic rings. The molecular formula is C8H16N2O2. The molecule has 1 fully saturated rings. The quantitative estimate of drug-likeness (QED) is 0.641. The Bertz CT molecular complexity index is 192. The van der Waals surface area contributed by atoms with E-state index in [1.165, 1.54) is 7.11 Å². The third kappa shape index (κ3) is 1.53. The lowest BCUT2D eigenvalue weighted by Gasteiger charge is -2.30. The van der Waals surface area contributed by atoms with Crippen molar-refractivity contribution in [2.75, 3.05) is 7.11 Å².